The van der Waals surface area contributed by atoms with Crippen molar-refractivity contribution in [1.82, 2.24) is 20.6 Å². The lowest BCUT2D eigenvalue weighted by molar-refractivity contribution is 0.881. The molecule has 0 amide bonds. The molecule has 0 radical (unpaired) electrons. The van der Waals surface area contributed by atoms with E-state index in [9.17, 15) is 0 Å². The van der Waals surface area contributed by atoms with Crippen LogP contribution in [0.2, 0.25) is 0 Å². The molecule has 0 saturated carbocycles. The third-order valence-electron chi connectivity index (χ3n) is 3.76. The van der Waals surface area contributed by atoms with Crippen molar-refractivity contribution >= 4 is 16.9 Å². The second-order valence-electron chi connectivity index (χ2n) is 5.24. The summed E-state index contributed by atoms with van der Waals surface area (Å²) >= 11 is 0. The van der Waals surface area contributed by atoms with E-state index >= 15 is 0 Å². The average Bonchev–Trinajstić information content (AvgIpc) is 3.22. The third kappa shape index (κ3) is 2.91. The van der Waals surface area contributed by atoms with Gasteiger partial charge in [0.1, 0.15) is 11.6 Å². The quantitative estimate of drug-likeness (QED) is 0.839. The number of benzene rings is 1. The summed E-state index contributed by atoms with van der Waals surface area (Å²) in [5, 5.41) is 25.7. The van der Waals surface area contributed by atoms with Crippen LogP contribution in [0.25, 0.3) is 5.57 Å². The number of hydrogen-bond acceptors (Lipinski definition) is 6. The molecule has 22 heavy (non-hydrogen) atoms. The number of tetrazole rings is 1. The summed E-state index contributed by atoms with van der Waals surface area (Å²) in [5.74, 6) is 0.279. The second-order valence-corrected chi connectivity index (χ2v) is 5.24. The van der Waals surface area contributed by atoms with Crippen LogP contribution in [-0.2, 0) is 0 Å². The summed E-state index contributed by atoms with van der Waals surface area (Å²) in [5.41, 5.74) is 3.67. The van der Waals surface area contributed by atoms with E-state index in [1.807, 2.05) is 6.07 Å². The van der Waals surface area contributed by atoms with Crippen LogP contribution in [0.3, 0.4) is 0 Å². The molecule has 0 atom stereocenters. The van der Waals surface area contributed by atoms with Crippen molar-refractivity contribution in [2.24, 2.45) is 0 Å². The van der Waals surface area contributed by atoms with E-state index in [4.69, 9.17) is 5.26 Å². The van der Waals surface area contributed by atoms with Gasteiger partial charge in [-0.15, -0.1) is 10.2 Å². The van der Waals surface area contributed by atoms with E-state index < -0.39 is 0 Å². The first-order chi connectivity index (χ1) is 10.8. The summed E-state index contributed by atoms with van der Waals surface area (Å²) in [6.07, 6.45) is 4.12. The third-order valence-corrected chi connectivity index (χ3v) is 3.76. The number of nitrogens with one attached hydrogen (secondary N) is 2. The lowest BCUT2D eigenvalue weighted by Gasteiger charge is -2.19. The summed E-state index contributed by atoms with van der Waals surface area (Å²) in [6.45, 7) is 4.31. The van der Waals surface area contributed by atoms with Crippen molar-refractivity contribution in [3.8, 4) is 6.07 Å². The molecule has 0 bridgehead atoms. The molecule has 1 aromatic carbocycles. The van der Waals surface area contributed by atoms with E-state index in [0.717, 1.165) is 24.3 Å². The van der Waals surface area contributed by atoms with E-state index in [2.05, 4.69) is 56.0 Å². The molecule has 7 heteroatoms. The van der Waals surface area contributed by atoms with Gasteiger partial charge in [0, 0.05) is 30.7 Å². The number of allylic oxidation sites excluding steroid dienone is 1. The Morgan fingerprint density at radius 1 is 1.41 bits per heavy atom. The van der Waals surface area contributed by atoms with Crippen molar-refractivity contribution < 1.29 is 0 Å². The van der Waals surface area contributed by atoms with E-state index in [1.54, 1.807) is 6.20 Å². The van der Waals surface area contributed by atoms with Crippen LogP contribution in [0.4, 0.5) is 11.4 Å². The molecule has 2 N–H and O–H groups in total. The van der Waals surface area contributed by atoms with Crippen LogP contribution >= 0.6 is 0 Å². The molecule has 1 aliphatic rings. The Morgan fingerprint density at radius 3 is 2.86 bits per heavy atom. The number of H-pyrrole nitrogens is 1. The number of rotatable bonds is 4. The number of hydrogen-bond donors (Lipinski definition) is 2. The number of aromatic amines is 1. The minimum absolute atomic E-state index is 0.279. The Labute approximate surface area is 128 Å². The summed E-state index contributed by atoms with van der Waals surface area (Å²) in [7, 11) is 0. The molecule has 2 heterocycles. The fraction of sp³-hybridized carbons (Fsp3) is 0.333. The number of nitriles is 1. The molecule has 1 aliphatic heterocycles. The van der Waals surface area contributed by atoms with Crippen molar-refractivity contribution in [1.29, 1.82) is 5.26 Å². The topological polar surface area (TPSA) is 93.5 Å². The number of anilines is 2. The van der Waals surface area contributed by atoms with Gasteiger partial charge in [0.25, 0.3) is 0 Å². The Morgan fingerprint density at radius 2 is 2.23 bits per heavy atom. The normalized spacial score (nSPS) is 14.9. The smallest absolute Gasteiger partial charge is 0.216 e. The van der Waals surface area contributed by atoms with Crippen LogP contribution in [-0.4, -0.2) is 33.7 Å². The Balaban J connectivity index is 1.76. The molecule has 1 aromatic heterocycles. The summed E-state index contributed by atoms with van der Waals surface area (Å²) in [6, 6.07) is 8.36. The zero-order valence-corrected chi connectivity index (χ0v) is 12.4. The summed E-state index contributed by atoms with van der Waals surface area (Å²) in [4.78, 5) is 2.40. The highest BCUT2D eigenvalue weighted by molar-refractivity contribution is 5.74. The van der Waals surface area contributed by atoms with Gasteiger partial charge < -0.3 is 10.2 Å². The van der Waals surface area contributed by atoms with E-state index in [-0.39, 0.29) is 5.82 Å². The first-order valence-corrected chi connectivity index (χ1v) is 7.24. The molecule has 0 unspecified atom stereocenters. The van der Waals surface area contributed by atoms with Gasteiger partial charge in [-0.05, 0) is 48.7 Å². The highest BCUT2D eigenvalue weighted by Gasteiger charge is 2.13. The number of aryl methyl sites for hydroxylation is 1. The SMILES string of the molecule is Cc1cc(N2CCCC2)ccc1NC=C(C#N)c1nn[nH]n1. The molecule has 1 fully saturated rings. The lowest BCUT2D eigenvalue weighted by atomic mass is 10.1. The molecule has 7 nitrogen and oxygen atoms in total. The highest BCUT2D eigenvalue weighted by Crippen LogP contribution is 2.25. The first-order valence-electron chi connectivity index (χ1n) is 7.24. The largest absolute Gasteiger partial charge is 0.372 e. The predicted octanol–water partition coefficient (Wildman–Crippen LogP) is 2.08. The van der Waals surface area contributed by atoms with Crippen LogP contribution in [0.1, 0.15) is 24.2 Å². The maximum absolute atomic E-state index is 9.15. The standard InChI is InChI=1S/C15H17N7/c1-11-8-13(22-6-2-3-7-22)4-5-14(11)17-10-12(9-16)15-18-20-21-19-15/h4-5,8,10,17H,2-3,6-7H2,1H3,(H,18,19,20,21). The number of aromatic nitrogens is 4. The molecule has 112 valence electrons. The van der Waals surface area contributed by atoms with Crippen LogP contribution in [0.15, 0.2) is 24.4 Å². The van der Waals surface area contributed by atoms with Crippen molar-refractivity contribution in [3.05, 3.63) is 35.8 Å². The van der Waals surface area contributed by atoms with E-state index in [0.29, 0.717) is 5.57 Å². The van der Waals surface area contributed by atoms with Crippen LogP contribution in [0.5, 0.6) is 0 Å². The minimum atomic E-state index is 0.279. The fourth-order valence-electron chi connectivity index (χ4n) is 2.55. The molecule has 0 spiro atoms. The van der Waals surface area contributed by atoms with Crippen LogP contribution < -0.4 is 10.2 Å². The lowest BCUT2D eigenvalue weighted by Crippen LogP contribution is -2.17. The second kappa shape index (κ2) is 6.26. The van der Waals surface area contributed by atoms with Gasteiger partial charge >= 0.3 is 0 Å². The molecule has 3 rings (SSSR count). The van der Waals surface area contributed by atoms with Gasteiger partial charge in [0.15, 0.2) is 0 Å². The highest BCUT2D eigenvalue weighted by atomic mass is 15.5. The first kappa shape index (κ1) is 14.1. The monoisotopic (exact) mass is 295 g/mol. The Bertz CT molecular complexity index is 706. The predicted molar refractivity (Wildman–Crippen MR) is 84.0 cm³/mol. The molecular formula is C15H17N7. The van der Waals surface area contributed by atoms with Gasteiger partial charge in [0.2, 0.25) is 5.82 Å². The summed E-state index contributed by atoms with van der Waals surface area (Å²) < 4.78 is 0. The molecular weight excluding hydrogens is 278 g/mol. The van der Waals surface area contributed by atoms with Gasteiger partial charge in [0.05, 0.1) is 0 Å². The minimum Gasteiger partial charge on any atom is -0.372 e. The van der Waals surface area contributed by atoms with Gasteiger partial charge in [-0.1, -0.05) is 0 Å². The Kier molecular flexibility index (Phi) is 4.01. The zero-order valence-electron chi connectivity index (χ0n) is 12.4. The molecule has 0 aliphatic carbocycles. The van der Waals surface area contributed by atoms with Crippen molar-refractivity contribution in [3.63, 3.8) is 0 Å². The number of nitrogens with zero attached hydrogens (tertiary/aromatic N) is 5. The Hall–Kier alpha value is -2.88. The van der Waals surface area contributed by atoms with Gasteiger partial charge in [-0.2, -0.15) is 10.5 Å². The van der Waals surface area contributed by atoms with Crippen molar-refractivity contribution in [2.45, 2.75) is 19.8 Å². The van der Waals surface area contributed by atoms with Crippen LogP contribution in [0, 0.1) is 18.3 Å². The zero-order chi connectivity index (χ0) is 15.4. The van der Waals surface area contributed by atoms with Gasteiger partial charge in [-0.3, -0.25) is 0 Å². The maximum atomic E-state index is 9.15. The molecule has 1 saturated heterocycles. The van der Waals surface area contributed by atoms with Gasteiger partial charge in [-0.25, -0.2) is 0 Å². The maximum Gasteiger partial charge on any atom is 0.216 e. The average molecular weight is 295 g/mol. The fourth-order valence-corrected chi connectivity index (χ4v) is 2.55. The molecule has 2 aromatic rings. The van der Waals surface area contributed by atoms with E-state index in [1.165, 1.54) is 18.5 Å². The van der Waals surface area contributed by atoms with Crippen molar-refractivity contribution in [2.75, 3.05) is 23.3 Å².